The Morgan fingerprint density at radius 1 is 1.44 bits per heavy atom. The SMILES string of the molecule is CCOC#CC(O)c1cc(Cl)ccc1OCOC. The zero-order valence-corrected chi connectivity index (χ0v) is 11.0. The van der Waals surface area contributed by atoms with E-state index < -0.39 is 6.10 Å². The maximum Gasteiger partial charge on any atom is 0.188 e. The summed E-state index contributed by atoms with van der Waals surface area (Å²) in [7, 11) is 1.51. The first-order valence-corrected chi connectivity index (χ1v) is 5.78. The monoisotopic (exact) mass is 270 g/mol. The summed E-state index contributed by atoms with van der Waals surface area (Å²) < 4.78 is 15.0. The molecule has 0 aromatic heterocycles. The highest BCUT2D eigenvalue weighted by Crippen LogP contribution is 2.28. The van der Waals surface area contributed by atoms with Crippen LogP contribution in [0.3, 0.4) is 0 Å². The molecule has 0 heterocycles. The molecule has 1 rings (SSSR count). The molecule has 98 valence electrons. The number of rotatable bonds is 5. The maximum atomic E-state index is 9.92. The summed E-state index contributed by atoms with van der Waals surface area (Å²) in [6.07, 6.45) is 1.38. The van der Waals surface area contributed by atoms with Crippen LogP contribution in [0.4, 0.5) is 0 Å². The quantitative estimate of drug-likeness (QED) is 0.659. The minimum Gasteiger partial charge on any atom is -0.467 e. The molecule has 0 aliphatic carbocycles. The standard InChI is InChI=1S/C13H15ClO4/c1-3-17-7-6-12(15)11-8-10(14)4-5-13(11)18-9-16-2/h4-5,8,12,15H,3,9H2,1-2H3. The van der Waals surface area contributed by atoms with Crippen LogP contribution in [0.25, 0.3) is 0 Å². The molecular weight excluding hydrogens is 256 g/mol. The summed E-state index contributed by atoms with van der Waals surface area (Å²) in [5.41, 5.74) is 0.478. The average molecular weight is 271 g/mol. The number of hydrogen-bond donors (Lipinski definition) is 1. The zero-order valence-electron chi connectivity index (χ0n) is 10.3. The normalized spacial score (nSPS) is 11.3. The van der Waals surface area contributed by atoms with Crippen molar-refractivity contribution in [1.29, 1.82) is 0 Å². The van der Waals surface area contributed by atoms with Gasteiger partial charge in [-0.1, -0.05) is 11.6 Å². The third kappa shape index (κ3) is 4.46. The smallest absolute Gasteiger partial charge is 0.188 e. The third-order valence-corrected chi connectivity index (χ3v) is 2.25. The molecule has 0 radical (unpaired) electrons. The van der Waals surface area contributed by atoms with Crippen molar-refractivity contribution in [3.8, 4) is 17.8 Å². The van der Waals surface area contributed by atoms with E-state index in [1.165, 1.54) is 7.11 Å². The van der Waals surface area contributed by atoms with Crippen LogP contribution in [-0.2, 0) is 9.47 Å². The molecule has 0 saturated heterocycles. The molecule has 1 aromatic rings. The van der Waals surface area contributed by atoms with Crippen LogP contribution in [0.2, 0.25) is 5.02 Å². The Morgan fingerprint density at radius 3 is 2.89 bits per heavy atom. The van der Waals surface area contributed by atoms with Gasteiger partial charge in [-0.05, 0) is 31.0 Å². The summed E-state index contributed by atoms with van der Waals surface area (Å²) in [5, 5.41) is 10.4. The molecule has 5 heteroatoms. The highest BCUT2D eigenvalue weighted by molar-refractivity contribution is 6.30. The zero-order chi connectivity index (χ0) is 13.4. The molecule has 0 fully saturated rings. The van der Waals surface area contributed by atoms with Gasteiger partial charge in [-0.25, -0.2) is 0 Å². The topological polar surface area (TPSA) is 47.9 Å². The highest BCUT2D eigenvalue weighted by atomic mass is 35.5. The van der Waals surface area contributed by atoms with Gasteiger partial charge in [0.1, 0.15) is 18.0 Å². The Hall–Kier alpha value is -1.41. The van der Waals surface area contributed by atoms with E-state index >= 15 is 0 Å². The van der Waals surface area contributed by atoms with Gasteiger partial charge >= 0.3 is 0 Å². The Morgan fingerprint density at radius 2 is 2.22 bits per heavy atom. The number of aliphatic hydroxyl groups is 1. The van der Waals surface area contributed by atoms with Gasteiger partial charge < -0.3 is 19.3 Å². The molecular formula is C13H15ClO4. The van der Waals surface area contributed by atoms with E-state index in [4.69, 9.17) is 25.8 Å². The minimum absolute atomic E-state index is 0.0836. The van der Waals surface area contributed by atoms with Crippen LogP contribution in [-0.4, -0.2) is 25.6 Å². The van der Waals surface area contributed by atoms with Crippen LogP contribution in [0.1, 0.15) is 18.6 Å². The third-order valence-electron chi connectivity index (χ3n) is 2.01. The van der Waals surface area contributed by atoms with Crippen molar-refractivity contribution in [3.05, 3.63) is 28.8 Å². The molecule has 1 unspecified atom stereocenters. The Kier molecular flexibility index (Phi) is 6.37. The van der Waals surface area contributed by atoms with Gasteiger partial charge in [0.15, 0.2) is 6.79 Å². The van der Waals surface area contributed by atoms with Crippen LogP contribution < -0.4 is 4.74 Å². The van der Waals surface area contributed by atoms with E-state index in [9.17, 15) is 5.11 Å². The van der Waals surface area contributed by atoms with Crippen molar-refractivity contribution in [2.75, 3.05) is 20.5 Å². The first kappa shape index (κ1) is 14.7. The molecule has 1 atom stereocenters. The predicted octanol–water partition coefficient (Wildman–Crippen LogP) is 2.35. The largest absolute Gasteiger partial charge is 0.467 e. The van der Waals surface area contributed by atoms with Crippen molar-refractivity contribution in [2.24, 2.45) is 0 Å². The second-order valence-electron chi connectivity index (χ2n) is 3.31. The van der Waals surface area contributed by atoms with Gasteiger partial charge in [-0.15, -0.1) is 0 Å². The first-order valence-electron chi connectivity index (χ1n) is 5.40. The fraction of sp³-hybridized carbons (Fsp3) is 0.385. The van der Waals surface area contributed by atoms with Gasteiger partial charge in [-0.3, -0.25) is 0 Å². The lowest BCUT2D eigenvalue weighted by atomic mass is 10.1. The van der Waals surface area contributed by atoms with Crippen molar-refractivity contribution < 1.29 is 19.3 Å². The summed E-state index contributed by atoms with van der Waals surface area (Å²) in [4.78, 5) is 0. The summed E-state index contributed by atoms with van der Waals surface area (Å²) in [6, 6.07) is 4.92. The highest BCUT2D eigenvalue weighted by Gasteiger charge is 2.12. The first-order chi connectivity index (χ1) is 8.69. The molecule has 0 saturated carbocycles. The lowest BCUT2D eigenvalue weighted by Gasteiger charge is -2.12. The molecule has 1 N–H and O–H groups in total. The van der Waals surface area contributed by atoms with E-state index in [0.717, 1.165) is 0 Å². The number of hydrogen-bond acceptors (Lipinski definition) is 4. The van der Waals surface area contributed by atoms with Crippen LogP contribution in [0.15, 0.2) is 18.2 Å². The summed E-state index contributed by atoms with van der Waals surface area (Å²) >= 11 is 5.88. The van der Waals surface area contributed by atoms with Crippen LogP contribution in [0.5, 0.6) is 5.75 Å². The maximum absolute atomic E-state index is 9.92. The van der Waals surface area contributed by atoms with Crippen molar-refractivity contribution in [3.63, 3.8) is 0 Å². The van der Waals surface area contributed by atoms with Crippen molar-refractivity contribution >= 4 is 11.6 Å². The number of ether oxygens (including phenoxy) is 3. The Bertz CT molecular complexity index is 436. The fourth-order valence-corrected chi connectivity index (χ4v) is 1.41. The van der Waals surface area contributed by atoms with E-state index in [2.05, 4.69) is 12.0 Å². The number of halogens is 1. The molecule has 0 aliphatic rings. The van der Waals surface area contributed by atoms with Crippen LogP contribution >= 0.6 is 11.6 Å². The molecule has 1 aromatic carbocycles. The molecule has 0 bridgehead atoms. The van der Waals surface area contributed by atoms with E-state index in [0.29, 0.717) is 22.9 Å². The summed E-state index contributed by atoms with van der Waals surface area (Å²) in [5.74, 6) is 3.02. The number of aliphatic hydroxyl groups excluding tert-OH is 1. The molecule has 0 aliphatic heterocycles. The predicted molar refractivity (Wildman–Crippen MR) is 68.3 cm³/mol. The fourth-order valence-electron chi connectivity index (χ4n) is 1.23. The van der Waals surface area contributed by atoms with Crippen molar-refractivity contribution in [2.45, 2.75) is 13.0 Å². The lowest BCUT2D eigenvalue weighted by molar-refractivity contribution is 0.0490. The minimum atomic E-state index is -1.03. The molecule has 0 amide bonds. The lowest BCUT2D eigenvalue weighted by Crippen LogP contribution is -2.04. The van der Waals surface area contributed by atoms with E-state index in [1.807, 2.05) is 6.92 Å². The van der Waals surface area contributed by atoms with Crippen LogP contribution in [0, 0.1) is 12.0 Å². The van der Waals surface area contributed by atoms with Gasteiger partial charge in [0.05, 0.1) is 6.61 Å². The van der Waals surface area contributed by atoms with Gasteiger partial charge in [0.25, 0.3) is 0 Å². The molecule has 0 spiro atoms. The number of methoxy groups -OCH3 is 1. The second-order valence-corrected chi connectivity index (χ2v) is 3.75. The molecule has 4 nitrogen and oxygen atoms in total. The second kappa shape index (κ2) is 7.83. The van der Waals surface area contributed by atoms with Gasteiger partial charge in [-0.2, -0.15) is 0 Å². The van der Waals surface area contributed by atoms with E-state index in [1.54, 1.807) is 18.2 Å². The number of benzene rings is 1. The Balaban J connectivity index is 2.90. The van der Waals surface area contributed by atoms with E-state index in [-0.39, 0.29) is 6.79 Å². The molecule has 18 heavy (non-hydrogen) atoms. The van der Waals surface area contributed by atoms with Crippen molar-refractivity contribution in [1.82, 2.24) is 0 Å². The summed E-state index contributed by atoms with van der Waals surface area (Å²) in [6.45, 7) is 2.36. The average Bonchev–Trinajstić information content (AvgIpc) is 2.37. The van der Waals surface area contributed by atoms with Gasteiger partial charge in [0.2, 0.25) is 0 Å². The van der Waals surface area contributed by atoms with Gasteiger partial charge in [0, 0.05) is 17.7 Å². The Labute approximate surface area is 111 Å².